The van der Waals surface area contributed by atoms with Crippen LogP contribution in [-0.4, -0.2) is 29.6 Å². The van der Waals surface area contributed by atoms with E-state index in [0.29, 0.717) is 23.7 Å². The number of aryl methyl sites for hydroxylation is 2. The number of aliphatic carboxylic acids is 1. The van der Waals surface area contributed by atoms with Crippen molar-refractivity contribution in [3.63, 3.8) is 0 Å². The number of unbranched alkanes of at least 4 members (excludes halogenated alkanes) is 2. The van der Waals surface area contributed by atoms with Gasteiger partial charge in [-0.1, -0.05) is 18.0 Å². The molecule has 1 aromatic rings. The van der Waals surface area contributed by atoms with Gasteiger partial charge < -0.3 is 15.2 Å². The monoisotopic (exact) mass is 341 g/mol. The highest BCUT2D eigenvalue weighted by atomic mass is 35.5. The summed E-state index contributed by atoms with van der Waals surface area (Å²) in [5.41, 5.74) is 1.82. The average Bonchev–Trinajstić information content (AvgIpc) is 2.47. The number of nitrogens with one attached hydrogen (secondary N) is 1. The fraction of sp³-hybridized carbons (Fsp3) is 0.529. The van der Waals surface area contributed by atoms with Crippen molar-refractivity contribution >= 4 is 23.5 Å². The van der Waals surface area contributed by atoms with Crippen LogP contribution in [0.15, 0.2) is 12.1 Å². The van der Waals surface area contributed by atoms with Gasteiger partial charge in [0.25, 0.3) is 5.91 Å². The molecular formula is C17H24ClNO4. The van der Waals surface area contributed by atoms with Crippen LogP contribution >= 0.6 is 11.6 Å². The van der Waals surface area contributed by atoms with E-state index in [1.54, 1.807) is 6.92 Å². The third kappa shape index (κ3) is 6.91. The Morgan fingerprint density at radius 1 is 1.22 bits per heavy atom. The van der Waals surface area contributed by atoms with Crippen molar-refractivity contribution < 1.29 is 19.4 Å². The number of hydrogen-bond acceptors (Lipinski definition) is 3. The minimum Gasteiger partial charge on any atom is -0.481 e. The molecule has 1 rings (SSSR count). The summed E-state index contributed by atoms with van der Waals surface area (Å²) in [7, 11) is 0. The summed E-state index contributed by atoms with van der Waals surface area (Å²) >= 11 is 6.11. The van der Waals surface area contributed by atoms with E-state index in [4.69, 9.17) is 21.4 Å². The second-order valence-electron chi connectivity index (χ2n) is 5.63. The maximum absolute atomic E-state index is 12.0. The van der Waals surface area contributed by atoms with Gasteiger partial charge in [-0.05, 0) is 56.9 Å². The molecule has 0 aromatic heterocycles. The van der Waals surface area contributed by atoms with Gasteiger partial charge in [-0.15, -0.1) is 0 Å². The van der Waals surface area contributed by atoms with E-state index in [1.807, 2.05) is 26.0 Å². The summed E-state index contributed by atoms with van der Waals surface area (Å²) in [6.45, 7) is 6.00. The average molecular weight is 342 g/mol. The molecule has 0 aliphatic rings. The molecule has 1 unspecified atom stereocenters. The summed E-state index contributed by atoms with van der Waals surface area (Å²) in [6.07, 6.45) is 1.72. The van der Waals surface area contributed by atoms with Crippen LogP contribution in [0, 0.1) is 13.8 Å². The van der Waals surface area contributed by atoms with Crippen LogP contribution in [0.3, 0.4) is 0 Å². The lowest BCUT2D eigenvalue weighted by Gasteiger charge is -2.16. The van der Waals surface area contributed by atoms with Gasteiger partial charge in [-0.3, -0.25) is 9.59 Å². The van der Waals surface area contributed by atoms with Crippen molar-refractivity contribution in [2.24, 2.45) is 0 Å². The van der Waals surface area contributed by atoms with Crippen molar-refractivity contribution in [1.29, 1.82) is 0 Å². The Kier molecular flexibility index (Phi) is 7.89. The minimum atomic E-state index is -0.787. The Morgan fingerprint density at radius 3 is 2.39 bits per heavy atom. The lowest BCUT2D eigenvalue weighted by atomic mass is 10.1. The van der Waals surface area contributed by atoms with Gasteiger partial charge >= 0.3 is 5.97 Å². The molecule has 1 aromatic carbocycles. The second-order valence-corrected chi connectivity index (χ2v) is 6.00. The predicted molar refractivity (Wildman–Crippen MR) is 90.1 cm³/mol. The summed E-state index contributed by atoms with van der Waals surface area (Å²) in [5, 5.41) is 12.0. The van der Waals surface area contributed by atoms with Crippen LogP contribution in [0.2, 0.25) is 5.02 Å². The molecule has 1 atom stereocenters. The Bertz CT molecular complexity index is 537. The molecule has 128 valence electrons. The SMILES string of the molecule is Cc1cc(OC(C)C(=O)NCCCCCC(=O)O)cc(C)c1Cl. The van der Waals surface area contributed by atoms with Gasteiger partial charge in [-0.2, -0.15) is 0 Å². The first-order valence-corrected chi connectivity index (χ1v) is 8.12. The van der Waals surface area contributed by atoms with Crippen molar-refractivity contribution in [2.45, 2.75) is 52.6 Å². The smallest absolute Gasteiger partial charge is 0.303 e. The molecule has 0 radical (unpaired) electrons. The molecule has 0 aliphatic carbocycles. The molecule has 23 heavy (non-hydrogen) atoms. The van der Waals surface area contributed by atoms with Gasteiger partial charge in [0.2, 0.25) is 0 Å². The minimum absolute atomic E-state index is 0.169. The van der Waals surface area contributed by atoms with E-state index >= 15 is 0 Å². The molecule has 0 aliphatic heterocycles. The Balaban J connectivity index is 2.35. The normalized spacial score (nSPS) is 11.8. The fourth-order valence-electron chi connectivity index (χ4n) is 2.17. The number of ether oxygens (including phenoxy) is 1. The number of hydrogen-bond donors (Lipinski definition) is 2. The molecule has 6 heteroatoms. The van der Waals surface area contributed by atoms with E-state index in [2.05, 4.69) is 5.32 Å². The number of carbonyl (C=O) groups excluding carboxylic acids is 1. The van der Waals surface area contributed by atoms with E-state index in [0.717, 1.165) is 24.0 Å². The summed E-state index contributed by atoms with van der Waals surface area (Å²) in [5.74, 6) is -0.355. The molecule has 5 nitrogen and oxygen atoms in total. The van der Waals surface area contributed by atoms with E-state index in [-0.39, 0.29) is 12.3 Å². The Hall–Kier alpha value is -1.75. The van der Waals surface area contributed by atoms with E-state index < -0.39 is 12.1 Å². The van der Waals surface area contributed by atoms with Gasteiger partial charge in [0.1, 0.15) is 5.75 Å². The van der Waals surface area contributed by atoms with Gasteiger partial charge in [0.15, 0.2) is 6.10 Å². The number of carboxylic acids is 1. The van der Waals surface area contributed by atoms with Gasteiger partial charge in [-0.25, -0.2) is 0 Å². The largest absolute Gasteiger partial charge is 0.481 e. The zero-order valence-corrected chi connectivity index (χ0v) is 14.6. The number of amides is 1. The van der Waals surface area contributed by atoms with E-state index in [1.165, 1.54) is 0 Å². The third-order valence-corrected chi connectivity index (χ3v) is 4.05. The fourth-order valence-corrected chi connectivity index (χ4v) is 2.27. The number of carboxylic acid groups (broad SMARTS) is 1. The quantitative estimate of drug-likeness (QED) is 0.674. The first kappa shape index (κ1) is 19.3. The highest BCUT2D eigenvalue weighted by Gasteiger charge is 2.15. The Labute approximate surface area is 142 Å². The third-order valence-electron chi connectivity index (χ3n) is 3.46. The zero-order chi connectivity index (χ0) is 17.4. The van der Waals surface area contributed by atoms with Crippen molar-refractivity contribution in [3.05, 3.63) is 28.3 Å². The van der Waals surface area contributed by atoms with Crippen LogP contribution in [0.5, 0.6) is 5.75 Å². The predicted octanol–water partition coefficient (Wildman–Crippen LogP) is 3.49. The molecule has 1 amide bonds. The molecule has 0 heterocycles. The highest BCUT2D eigenvalue weighted by Crippen LogP contribution is 2.26. The summed E-state index contributed by atoms with van der Waals surface area (Å²) in [6, 6.07) is 3.62. The van der Waals surface area contributed by atoms with Crippen LogP contribution < -0.4 is 10.1 Å². The lowest BCUT2D eigenvalue weighted by Crippen LogP contribution is -2.36. The van der Waals surface area contributed by atoms with Gasteiger partial charge in [0, 0.05) is 18.0 Å². The summed E-state index contributed by atoms with van der Waals surface area (Å²) < 4.78 is 5.65. The maximum atomic E-state index is 12.0. The van der Waals surface area contributed by atoms with Gasteiger partial charge in [0.05, 0.1) is 0 Å². The molecule has 2 N–H and O–H groups in total. The van der Waals surface area contributed by atoms with Crippen molar-refractivity contribution in [2.75, 3.05) is 6.54 Å². The number of benzene rings is 1. The molecule has 0 spiro atoms. The topological polar surface area (TPSA) is 75.6 Å². The Morgan fingerprint density at radius 2 is 1.83 bits per heavy atom. The lowest BCUT2D eigenvalue weighted by molar-refractivity contribution is -0.137. The standard InChI is InChI=1S/C17H24ClNO4/c1-11-9-14(10-12(2)16(11)18)23-13(3)17(22)19-8-6-4-5-7-15(20)21/h9-10,13H,4-8H2,1-3H3,(H,19,22)(H,20,21). The number of rotatable bonds is 9. The molecule has 0 saturated heterocycles. The van der Waals surface area contributed by atoms with Crippen molar-refractivity contribution in [1.82, 2.24) is 5.32 Å². The van der Waals surface area contributed by atoms with Crippen molar-refractivity contribution in [3.8, 4) is 5.75 Å². The molecular weight excluding hydrogens is 318 g/mol. The highest BCUT2D eigenvalue weighted by molar-refractivity contribution is 6.32. The van der Waals surface area contributed by atoms with Crippen LogP contribution in [-0.2, 0) is 9.59 Å². The number of halogens is 1. The first-order chi connectivity index (χ1) is 10.8. The second kappa shape index (κ2) is 9.40. The number of carbonyl (C=O) groups is 2. The zero-order valence-electron chi connectivity index (χ0n) is 13.8. The first-order valence-electron chi connectivity index (χ1n) is 7.74. The van der Waals surface area contributed by atoms with E-state index in [9.17, 15) is 9.59 Å². The van der Waals surface area contributed by atoms with Crippen LogP contribution in [0.4, 0.5) is 0 Å². The molecule has 0 fully saturated rings. The maximum Gasteiger partial charge on any atom is 0.303 e. The molecule has 0 bridgehead atoms. The molecule has 0 saturated carbocycles. The summed E-state index contributed by atoms with van der Waals surface area (Å²) in [4.78, 5) is 22.3. The van der Waals surface area contributed by atoms with Crippen LogP contribution in [0.25, 0.3) is 0 Å². The van der Waals surface area contributed by atoms with Crippen LogP contribution in [0.1, 0.15) is 43.7 Å².